The summed E-state index contributed by atoms with van der Waals surface area (Å²) in [6, 6.07) is 25.0. The lowest BCUT2D eigenvalue weighted by Crippen LogP contribution is -2.32. The zero-order chi connectivity index (χ0) is 26.2. The first-order valence-electron chi connectivity index (χ1n) is 10.3. The van der Waals surface area contributed by atoms with E-state index in [1.165, 1.54) is 15.2 Å². The summed E-state index contributed by atoms with van der Waals surface area (Å²) < 4.78 is 85.3. The Morgan fingerprint density at radius 2 is 1.31 bits per heavy atom. The fourth-order valence-electron chi connectivity index (χ4n) is 3.26. The van der Waals surface area contributed by atoms with Crippen molar-refractivity contribution in [2.24, 2.45) is 0 Å². The van der Waals surface area contributed by atoms with E-state index in [0.717, 1.165) is 0 Å². The normalized spacial score (nSPS) is 12.6. The topological polar surface area (TPSA) is 92.7 Å². The van der Waals surface area contributed by atoms with Crippen LogP contribution in [0, 0.1) is 0 Å². The van der Waals surface area contributed by atoms with E-state index in [1.807, 2.05) is 50.2 Å². The molecule has 3 rings (SSSR count). The zero-order valence-corrected chi connectivity index (χ0v) is 22.3. The fraction of sp³-hybridized carbons (Fsp3) is 0.273. The van der Waals surface area contributed by atoms with Gasteiger partial charge in [0.1, 0.15) is 17.9 Å². The molecule has 6 nitrogen and oxygen atoms in total. The second kappa shape index (κ2) is 12.6. The molecular formula is C22H25F3O6P2S2. The molecule has 1 aromatic heterocycles. The number of alkyl halides is 3. The van der Waals surface area contributed by atoms with Crippen molar-refractivity contribution < 1.29 is 39.8 Å². The molecule has 0 aliphatic carbocycles. The Bertz CT molecular complexity index is 1140. The Hall–Kier alpha value is -1.58. The van der Waals surface area contributed by atoms with Gasteiger partial charge in [-0.05, 0) is 55.6 Å². The number of benzene rings is 2. The van der Waals surface area contributed by atoms with E-state index < -0.39 is 30.5 Å². The first-order valence-corrected chi connectivity index (χ1v) is 16.3. The predicted molar refractivity (Wildman–Crippen MR) is 135 cm³/mol. The van der Waals surface area contributed by atoms with Gasteiger partial charge in [-0.1, -0.05) is 36.4 Å². The molecule has 192 valence electrons. The third-order valence-corrected chi connectivity index (χ3v) is 14.7. The minimum absolute atomic E-state index is 0.366. The molecule has 13 heteroatoms. The summed E-state index contributed by atoms with van der Waals surface area (Å²) in [6.07, 6.45) is 0. The molecular weight excluding hydrogens is 543 g/mol. The molecule has 0 saturated carbocycles. The van der Waals surface area contributed by atoms with E-state index in [0.29, 0.717) is 19.1 Å². The summed E-state index contributed by atoms with van der Waals surface area (Å²) in [4.78, 5) is 0. The second-order valence-corrected chi connectivity index (χ2v) is 15.5. The first-order chi connectivity index (χ1) is 16.4. The number of halogens is 3. The van der Waals surface area contributed by atoms with Crippen LogP contribution in [0.2, 0.25) is 0 Å². The average molecular weight is 569 g/mol. The molecule has 0 radical (unpaired) electrons. The maximum atomic E-state index is 13.7. The Labute approximate surface area is 207 Å². The van der Waals surface area contributed by atoms with Gasteiger partial charge in [0.25, 0.3) is 0 Å². The van der Waals surface area contributed by atoms with Gasteiger partial charge in [-0.25, -0.2) is 8.42 Å². The van der Waals surface area contributed by atoms with E-state index in [9.17, 15) is 17.7 Å². The van der Waals surface area contributed by atoms with Gasteiger partial charge in [-0.2, -0.15) is 13.2 Å². The number of hydrogen-bond donors (Lipinski definition) is 0. The highest BCUT2D eigenvalue weighted by Crippen LogP contribution is 2.68. The van der Waals surface area contributed by atoms with Crippen LogP contribution >= 0.6 is 26.2 Å². The molecule has 0 bridgehead atoms. The van der Waals surface area contributed by atoms with Crippen molar-refractivity contribution in [3.05, 3.63) is 78.2 Å². The highest BCUT2D eigenvalue weighted by molar-refractivity contribution is 8.03. The molecule has 0 N–H and O–H groups in total. The number of thiophene rings is 1. The lowest BCUT2D eigenvalue weighted by atomic mass is 10.4. The summed E-state index contributed by atoms with van der Waals surface area (Å²) in [5, 5.41) is 4.47. The standard InChI is InChI=1S/C21H25O3P2S.CHF3O3S/c1-3-23-26(22,24-4-2)18-25(21-16-11-17-27-21,19-12-7-5-8-13-19)20-14-9-6-10-15-20;2-1(3,4)8(5,6)7/h5-17H,3-4,18H2,1-2H3;(H,5,6,7)/q+1;/p-1. The SMILES string of the molecule is CCOP(=O)(C[P+](c1ccccc1)(c1ccccc1)c1cccs1)OCC.O=S(=O)([O-])C(F)(F)F. The van der Waals surface area contributed by atoms with Crippen molar-refractivity contribution in [1.82, 2.24) is 0 Å². The van der Waals surface area contributed by atoms with Crippen molar-refractivity contribution in [2.75, 3.05) is 19.1 Å². The van der Waals surface area contributed by atoms with Gasteiger partial charge < -0.3 is 13.6 Å². The molecule has 0 unspecified atom stereocenters. The van der Waals surface area contributed by atoms with E-state index in [4.69, 9.17) is 22.0 Å². The van der Waals surface area contributed by atoms with E-state index in [1.54, 1.807) is 11.3 Å². The van der Waals surface area contributed by atoms with Crippen LogP contribution in [-0.4, -0.2) is 37.6 Å². The van der Waals surface area contributed by atoms with E-state index in [-0.39, 0.29) is 0 Å². The minimum Gasteiger partial charge on any atom is -0.741 e. The average Bonchev–Trinajstić information content (AvgIpc) is 3.34. The molecule has 0 amide bonds. The van der Waals surface area contributed by atoms with Crippen LogP contribution in [0.4, 0.5) is 13.2 Å². The third-order valence-electron chi connectivity index (χ3n) is 4.60. The number of hydrogen-bond acceptors (Lipinski definition) is 7. The Morgan fingerprint density at radius 1 is 0.886 bits per heavy atom. The van der Waals surface area contributed by atoms with Crippen molar-refractivity contribution in [3.8, 4) is 0 Å². The molecule has 35 heavy (non-hydrogen) atoms. The highest BCUT2D eigenvalue weighted by atomic mass is 32.2. The molecule has 1 heterocycles. The van der Waals surface area contributed by atoms with Crippen LogP contribution in [0.15, 0.2) is 78.2 Å². The Morgan fingerprint density at radius 3 is 1.63 bits per heavy atom. The lowest BCUT2D eigenvalue weighted by molar-refractivity contribution is -0.0517. The van der Waals surface area contributed by atoms with Crippen LogP contribution in [-0.2, 0) is 23.7 Å². The van der Waals surface area contributed by atoms with Crippen molar-refractivity contribution in [3.63, 3.8) is 0 Å². The molecule has 0 aliphatic rings. The van der Waals surface area contributed by atoms with Crippen LogP contribution < -0.4 is 15.2 Å². The largest absolute Gasteiger partial charge is 0.741 e. The summed E-state index contributed by atoms with van der Waals surface area (Å²) in [6.45, 7) is 4.46. The van der Waals surface area contributed by atoms with Crippen molar-refractivity contribution in [1.29, 1.82) is 0 Å². The van der Waals surface area contributed by atoms with Gasteiger partial charge in [0.15, 0.2) is 20.6 Å². The predicted octanol–water partition coefficient (Wildman–Crippen LogP) is 5.32. The van der Waals surface area contributed by atoms with Crippen molar-refractivity contribution >= 4 is 51.5 Å². The minimum atomic E-state index is -6.09. The van der Waals surface area contributed by atoms with E-state index >= 15 is 0 Å². The Balaban J connectivity index is 0.000000466. The maximum absolute atomic E-state index is 13.7. The quantitative estimate of drug-likeness (QED) is 0.197. The second-order valence-electron chi connectivity index (χ2n) is 6.92. The summed E-state index contributed by atoms with van der Waals surface area (Å²) in [7, 11) is -11.5. The molecule has 0 saturated heterocycles. The van der Waals surface area contributed by atoms with E-state index in [2.05, 4.69) is 41.8 Å². The summed E-state index contributed by atoms with van der Waals surface area (Å²) >= 11 is 1.71. The molecule has 0 spiro atoms. The smallest absolute Gasteiger partial charge is 0.485 e. The van der Waals surface area contributed by atoms with Crippen LogP contribution in [0.1, 0.15) is 13.8 Å². The van der Waals surface area contributed by atoms with Crippen LogP contribution in [0.25, 0.3) is 0 Å². The van der Waals surface area contributed by atoms with Gasteiger partial charge in [-0.3, -0.25) is 4.57 Å². The van der Waals surface area contributed by atoms with Gasteiger partial charge in [-0.15, -0.1) is 11.3 Å². The monoisotopic (exact) mass is 568 g/mol. The first kappa shape index (κ1) is 29.6. The van der Waals surface area contributed by atoms with Gasteiger partial charge in [0, 0.05) is 0 Å². The molecule has 0 fully saturated rings. The number of rotatable bonds is 9. The molecule has 0 aliphatic heterocycles. The van der Waals surface area contributed by atoms with Gasteiger partial charge in [0.2, 0.25) is 0 Å². The third kappa shape index (κ3) is 7.70. The lowest BCUT2D eigenvalue weighted by Gasteiger charge is -2.29. The Kier molecular flexibility index (Phi) is 10.7. The highest BCUT2D eigenvalue weighted by Gasteiger charge is 2.52. The zero-order valence-electron chi connectivity index (χ0n) is 18.9. The van der Waals surface area contributed by atoms with Gasteiger partial charge in [0.05, 0.1) is 13.2 Å². The molecule has 3 aromatic rings. The van der Waals surface area contributed by atoms with Crippen LogP contribution in [0.5, 0.6) is 0 Å². The molecule has 0 atom stereocenters. The summed E-state index contributed by atoms with van der Waals surface area (Å²) in [5.41, 5.74) is -5.65. The fourth-order valence-corrected chi connectivity index (χ4v) is 13.7. The van der Waals surface area contributed by atoms with Crippen molar-refractivity contribution in [2.45, 2.75) is 19.4 Å². The van der Waals surface area contributed by atoms with Gasteiger partial charge >= 0.3 is 13.1 Å². The van der Waals surface area contributed by atoms with Crippen LogP contribution in [0.3, 0.4) is 0 Å². The maximum Gasteiger partial charge on any atom is 0.485 e. The summed E-state index contributed by atoms with van der Waals surface area (Å²) in [5.74, 6) is 0.371. The molecule has 2 aromatic carbocycles.